The van der Waals surface area contributed by atoms with Crippen molar-refractivity contribution in [2.24, 2.45) is 0 Å². The Hall–Kier alpha value is -1.22. The molecule has 2 N–H and O–H groups in total. The van der Waals surface area contributed by atoms with E-state index >= 15 is 0 Å². The summed E-state index contributed by atoms with van der Waals surface area (Å²) < 4.78 is 13.2. The summed E-state index contributed by atoms with van der Waals surface area (Å²) in [6.07, 6.45) is -0.105. The topological polar surface area (TPSA) is 93.5 Å². The van der Waals surface area contributed by atoms with Crippen molar-refractivity contribution in [3.05, 3.63) is 33.1 Å². The number of aromatic nitrogens is 2. The van der Waals surface area contributed by atoms with Crippen LogP contribution in [0.2, 0.25) is 18.1 Å². The molecule has 130 valence electrons. The molecule has 0 unspecified atom stereocenters. The number of nitrogens with one attached hydrogen (secondary N) is 1. The van der Waals surface area contributed by atoms with Gasteiger partial charge in [0.25, 0.3) is 5.56 Å². The second-order valence-electron chi connectivity index (χ2n) is 7.52. The molecule has 23 heavy (non-hydrogen) atoms. The van der Waals surface area contributed by atoms with Crippen LogP contribution in [0, 0.1) is 0 Å². The maximum absolute atomic E-state index is 11.8. The molecule has 7 nitrogen and oxygen atoms in total. The van der Waals surface area contributed by atoms with Gasteiger partial charge in [0.2, 0.25) is 0 Å². The first-order chi connectivity index (χ1) is 10.5. The summed E-state index contributed by atoms with van der Waals surface area (Å²) in [6, 6.07) is 1.26. The SMILES string of the molecule is CC(C)(C)[Si](C)(C)OC[C@H]1O[C@H](n2ccc(=O)[nH]c2=O)C[C@@H]1O. The Morgan fingerprint density at radius 3 is 2.65 bits per heavy atom. The molecule has 8 heteroatoms. The highest BCUT2D eigenvalue weighted by atomic mass is 28.4. The third kappa shape index (κ3) is 4.00. The summed E-state index contributed by atoms with van der Waals surface area (Å²) in [7, 11) is -1.93. The van der Waals surface area contributed by atoms with Gasteiger partial charge in [0, 0.05) is 18.7 Å². The van der Waals surface area contributed by atoms with E-state index in [1.54, 1.807) is 0 Å². The second-order valence-corrected chi connectivity index (χ2v) is 12.3. The van der Waals surface area contributed by atoms with E-state index in [1.807, 2.05) is 0 Å². The molecule has 0 aliphatic carbocycles. The van der Waals surface area contributed by atoms with Crippen molar-refractivity contribution < 1.29 is 14.3 Å². The van der Waals surface area contributed by atoms with Crippen LogP contribution >= 0.6 is 0 Å². The fourth-order valence-corrected chi connectivity index (χ4v) is 3.21. The van der Waals surface area contributed by atoms with Crippen LogP contribution in [0.25, 0.3) is 0 Å². The Bertz CT molecular complexity index is 661. The van der Waals surface area contributed by atoms with E-state index in [1.165, 1.54) is 16.8 Å². The largest absolute Gasteiger partial charge is 0.414 e. The van der Waals surface area contributed by atoms with Crippen molar-refractivity contribution in [2.45, 2.75) is 63.8 Å². The molecular weight excluding hydrogens is 316 g/mol. The van der Waals surface area contributed by atoms with E-state index in [4.69, 9.17) is 9.16 Å². The van der Waals surface area contributed by atoms with Gasteiger partial charge in [-0.1, -0.05) is 20.8 Å². The lowest BCUT2D eigenvalue weighted by Crippen LogP contribution is -2.43. The van der Waals surface area contributed by atoms with Gasteiger partial charge < -0.3 is 14.3 Å². The minimum Gasteiger partial charge on any atom is -0.414 e. The number of hydrogen-bond donors (Lipinski definition) is 2. The zero-order chi connectivity index (χ0) is 17.4. The number of rotatable bonds is 4. The molecule has 1 aromatic rings. The highest BCUT2D eigenvalue weighted by Crippen LogP contribution is 2.37. The van der Waals surface area contributed by atoms with Crippen molar-refractivity contribution in [1.29, 1.82) is 0 Å². The quantitative estimate of drug-likeness (QED) is 0.802. The Balaban J connectivity index is 2.04. The van der Waals surface area contributed by atoms with Crippen molar-refractivity contribution in [2.75, 3.05) is 6.61 Å². The summed E-state index contributed by atoms with van der Waals surface area (Å²) in [6.45, 7) is 11.0. The minimum atomic E-state index is -1.93. The summed E-state index contributed by atoms with van der Waals surface area (Å²) in [5.74, 6) is 0. The van der Waals surface area contributed by atoms with Gasteiger partial charge in [-0.25, -0.2) is 4.79 Å². The predicted octanol–water partition coefficient (Wildman–Crippen LogP) is 1.21. The molecule has 1 aliphatic heterocycles. The Morgan fingerprint density at radius 1 is 1.43 bits per heavy atom. The Labute approximate surface area is 136 Å². The van der Waals surface area contributed by atoms with Gasteiger partial charge in [-0.05, 0) is 18.1 Å². The lowest BCUT2D eigenvalue weighted by molar-refractivity contribution is -0.0432. The second kappa shape index (κ2) is 6.35. The van der Waals surface area contributed by atoms with Crippen LogP contribution in [0.4, 0.5) is 0 Å². The minimum absolute atomic E-state index is 0.0752. The summed E-state index contributed by atoms with van der Waals surface area (Å²) in [4.78, 5) is 25.1. The van der Waals surface area contributed by atoms with Gasteiger partial charge in [-0.2, -0.15) is 0 Å². The van der Waals surface area contributed by atoms with E-state index in [0.717, 1.165) is 0 Å². The highest BCUT2D eigenvalue weighted by molar-refractivity contribution is 6.74. The van der Waals surface area contributed by atoms with Crippen LogP contribution in [-0.2, 0) is 9.16 Å². The number of aliphatic hydroxyl groups excluding tert-OH is 1. The van der Waals surface area contributed by atoms with Gasteiger partial charge in [0.05, 0.1) is 12.7 Å². The molecule has 0 saturated carbocycles. The average molecular weight is 342 g/mol. The highest BCUT2D eigenvalue weighted by Gasteiger charge is 2.41. The van der Waals surface area contributed by atoms with Crippen molar-refractivity contribution in [3.8, 4) is 0 Å². The molecule has 0 amide bonds. The lowest BCUT2D eigenvalue weighted by atomic mass is 10.2. The third-order valence-electron chi connectivity index (χ3n) is 4.78. The molecule has 3 atom stereocenters. The fourth-order valence-electron chi connectivity index (χ4n) is 2.20. The van der Waals surface area contributed by atoms with Gasteiger partial charge in [-0.3, -0.25) is 14.3 Å². The van der Waals surface area contributed by atoms with E-state index in [0.29, 0.717) is 6.61 Å². The molecule has 1 aromatic heterocycles. The zero-order valence-electron chi connectivity index (χ0n) is 14.3. The number of hydrogen-bond acceptors (Lipinski definition) is 5. The normalized spacial score (nSPS) is 25.7. The molecule has 0 spiro atoms. The zero-order valence-corrected chi connectivity index (χ0v) is 15.3. The molecular formula is C15H26N2O5Si. The summed E-state index contributed by atoms with van der Waals surface area (Å²) in [5.41, 5.74) is -0.997. The van der Waals surface area contributed by atoms with Crippen molar-refractivity contribution in [1.82, 2.24) is 9.55 Å². The van der Waals surface area contributed by atoms with E-state index in [2.05, 4.69) is 38.8 Å². The van der Waals surface area contributed by atoms with E-state index in [9.17, 15) is 14.7 Å². The van der Waals surface area contributed by atoms with Gasteiger partial charge in [0.15, 0.2) is 8.32 Å². The maximum atomic E-state index is 11.8. The first kappa shape index (κ1) is 18.1. The van der Waals surface area contributed by atoms with Gasteiger partial charge in [-0.15, -0.1) is 0 Å². The Kier molecular flexibility index (Phi) is 5.00. The number of aromatic amines is 1. The lowest BCUT2D eigenvalue weighted by Gasteiger charge is -2.37. The number of nitrogens with zero attached hydrogens (tertiary/aromatic N) is 1. The molecule has 1 fully saturated rings. The van der Waals surface area contributed by atoms with E-state index < -0.39 is 38.0 Å². The molecule has 2 heterocycles. The maximum Gasteiger partial charge on any atom is 0.330 e. The smallest absolute Gasteiger partial charge is 0.330 e. The molecule has 1 saturated heterocycles. The third-order valence-corrected chi connectivity index (χ3v) is 9.28. The number of ether oxygens (including phenoxy) is 1. The predicted molar refractivity (Wildman–Crippen MR) is 89.0 cm³/mol. The van der Waals surface area contributed by atoms with Crippen LogP contribution in [0.3, 0.4) is 0 Å². The first-order valence-corrected chi connectivity index (χ1v) is 10.7. The summed E-state index contributed by atoms with van der Waals surface area (Å²) >= 11 is 0. The van der Waals surface area contributed by atoms with Crippen molar-refractivity contribution in [3.63, 3.8) is 0 Å². The summed E-state index contributed by atoms with van der Waals surface area (Å²) in [5, 5.41) is 10.3. The number of H-pyrrole nitrogens is 1. The molecule has 0 bridgehead atoms. The Morgan fingerprint density at radius 2 is 2.09 bits per heavy atom. The average Bonchev–Trinajstić information content (AvgIpc) is 2.76. The molecule has 2 rings (SSSR count). The van der Waals surface area contributed by atoms with Crippen LogP contribution in [0.1, 0.15) is 33.4 Å². The van der Waals surface area contributed by atoms with Gasteiger partial charge >= 0.3 is 5.69 Å². The molecule has 1 aliphatic rings. The first-order valence-electron chi connectivity index (χ1n) is 7.80. The molecule has 0 aromatic carbocycles. The fraction of sp³-hybridized carbons (Fsp3) is 0.733. The monoisotopic (exact) mass is 342 g/mol. The van der Waals surface area contributed by atoms with Gasteiger partial charge in [0.1, 0.15) is 12.3 Å². The molecule has 0 radical (unpaired) electrons. The standard InChI is InChI=1S/C15H26N2O5Si/c1-15(2,3)23(4,5)21-9-11-10(18)8-13(22-11)17-7-6-12(19)16-14(17)20/h6-7,10-11,13,18H,8-9H2,1-5H3,(H,16,19,20)/t10-,11+,13-/m0/s1. The van der Waals surface area contributed by atoms with Crippen LogP contribution in [0.5, 0.6) is 0 Å². The van der Waals surface area contributed by atoms with E-state index in [-0.39, 0.29) is 11.5 Å². The van der Waals surface area contributed by atoms with Crippen LogP contribution in [-0.4, -0.2) is 41.8 Å². The van der Waals surface area contributed by atoms with Crippen molar-refractivity contribution >= 4 is 8.32 Å². The van der Waals surface area contributed by atoms with Crippen LogP contribution < -0.4 is 11.2 Å². The van der Waals surface area contributed by atoms with Crippen LogP contribution in [0.15, 0.2) is 21.9 Å². The number of aliphatic hydroxyl groups is 1.